The van der Waals surface area contributed by atoms with Gasteiger partial charge in [0.25, 0.3) is 8.32 Å². The highest BCUT2D eigenvalue weighted by molar-refractivity contribution is 6.99. The monoisotopic (exact) mass is 469 g/mol. The zero-order valence-corrected chi connectivity index (χ0v) is 22.1. The fourth-order valence-corrected chi connectivity index (χ4v) is 9.48. The highest BCUT2D eigenvalue weighted by Gasteiger charge is 2.53. The Morgan fingerprint density at radius 2 is 1.45 bits per heavy atom. The summed E-state index contributed by atoms with van der Waals surface area (Å²) < 4.78 is 18.4. The van der Waals surface area contributed by atoms with Crippen LogP contribution in [0.15, 0.2) is 60.7 Å². The Balaban J connectivity index is 2.01. The summed E-state index contributed by atoms with van der Waals surface area (Å²) in [6.45, 7) is 13.4. The van der Waals surface area contributed by atoms with Crippen LogP contribution in [0.3, 0.4) is 0 Å². The maximum absolute atomic E-state index is 13.0. The van der Waals surface area contributed by atoms with Crippen molar-refractivity contribution in [3.05, 3.63) is 60.7 Å². The van der Waals surface area contributed by atoms with Gasteiger partial charge in [0.15, 0.2) is 0 Å². The Morgan fingerprint density at radius 3 is 1.88 bits per heavy atom. The highest BCUT2D eigenvalue weighted by Crippen LogP contribution is 2.39. The van der Waals surface area contributed by atoms with E-state index in [1.54, 1.807) is 12.0 Å². The molecule has 2 aromatic rings. The van der Waals surface area contributed by atoms with Crippen LogP contribution < -0.4 is 10.4 Å². The Hall–Kier alpha value is -2.15. The molecule has 0 unspecified atom stereocenters. The molecule has 1 aliphatic rings. The second kappa shape index (κ2) is 10.00. The van der Waals surface area contributed by atoms with Gasteiger partial charge in [0.1, 0.15) is 5.60 Å². The molecule has 1 aliphatic heterocycles. The minimum atomic E-state index is -2.70. The van der Waals surface area contributed by atoms with Gasteiger partial charge in [-0.15, -0.1) is 0 Å². The summed E-state index contributed by atoms with van der Waals surface area (Å²) >= 11 is 0. The molecule has 1 heterocycles. The van der Waals surface area contributed by atoms with E-state index in [1.165, 1.54) is 10.4 Å². The fraction of sp³-hybridized carbons (Fsp3) is 0.519. The molecule has 0 aliphatic carbocycles. The van der Waals surface area contributed by atoms with E-state index in [9.17, 15) is 4.79 Å². The number of hydrogen-bond acceptors (Lipinski definition) is 4. The lowest BCUT2D eigenvalue weighted by molar-refractivity contribution is 0.0139. The highest BCUT2D eigenvalue weighted by atomic mass is 28.4. The Labute approximate surface area is 200 Å². The van der Waals surface area contributed by atoms with Crippen molar-refractivity contribution in [3.8, 4) is 0 Å². The van der Waals surface area contributed by atoms with Crippen molar-refractivity contribution in [1.29, 1.82) is 0 Å². The number of benzene rings is 2. The van der Waals surface area contributed by atoms with Gasteiger partial charge in [0.2, 0.25) is 0 Å². The first-order chi connectivity index (χ1) is 15.5. The second-order valence-electron chi connectivity index (χ2n) is 10.9. The lowest BCUT2D eigenvalue weighted by Crippen LogP contribution is -2.67. The van der Waals surface area contributed by atoms with E-state index < -0.39 is 13.9 Å². The maximum Gasteiger partial charge on any atom is 0.410 e. The number of amides is 1. The molecule has 0 radical (unpaired) electrons. The zero-order chi connectivity index (χ0) is 24.3. The van der Waals surface area contributed by atoms with Crippen molar-refractivity contribution < 1.29 is 18.7 Å². The summed E-state index contributed by atoms with van der Waals surface area (Å²) in [5.74, 6) is 0. The van der Waals surface area contributed by atoms with E-state index in [2.05, 4.69) is 69.3 Å². The SMILES string of the molecule is COC[C@H]1C[C@H](O[Si](c2ccccc2)(c2ccccc2)C(C)(C)C)CN1C(=O)OC(C)(C)C. The molecule has 0 saturated carbocycles. The molecule has 2 aromatic carbocycles. The molecule has 0 aromatic heterocycles. The summed E-state index contributed by atoms with van der Waals surface area (Å²) in [7, 11) is -1.03. The van der Waals surface area contributed by atoms with E-state index in [0.29, 0.717) is 13.2 Å². The molecule has 0 N–H and O–H groups in total. The van der Waals surface area contributed by atoms with Crippen LogP contribution in [0.5, 0.6) is 0 Å². The fourth-order valence-electron chi connectivity index (χ4n) is 4.79. The van der Waals surface area contributed by atoms with E-state index in [1.807, 2.05) is 32.9 Å². The molecule has 5 nitrogen and oxygen atoms in total. The van der Waals surface area contributed by atoms with Crippen LogP contribution in [-0.4, -0.2) is 57.3 Å². The van der Waals surface area contributed by atoms with Crippen LogP contribution in [0.2, 0.25) is 5.04 Å². The van der Waals surface area contributed by atoms with Gasteiger partial charge in [0.05, 0.1) is 18.8 Å². The van der Waals surface area contributed by atoms with Gasteiger partial charge in [-0.2, -0.15) is 0 Å². The summed E-state index contributed by atoms with van der Waals surface area (Å²) in [5, 5.41) is 2.36. The second-order valence-corrected chi connectivity index (χ2v) is 15.1. The van der Waals surface area contributed by atoms with Crippen molar-refractivity contribution in [2.24, 2.45) is 0 Å². The third-order valence-corrected chi connectivity index (χ3v) is 11.2. The van der Waals surface area contributed by atoms with E-state index >= 15 is 0 Å². The molecule has 180 valence electrons. The molecular weight excluding hydrogens is 430 g/mol. The Morgan fingerprint density at radius 1 is 0.939 bits per heavy atom. The number of methoxy groups -OCH3 is 1. The van der Waals surface area contributed by atoms with Crippen LogP contribution in [0.1, 0.15) is 48.0 Å². The number of nitrogens with zero attached hydrogens (tertiary/aromatic N) is 1. The molecular formula is C27H39NO4Si. The van der Waals surface area contributed by atoms with Crippen molar-refractivity contribution in [3.63, 3.8) is 0 Å². The third-order valence-electron chi connectivity index (χ3n) is 6.12. The van der Waals surface area contributed by atoms with Gasteiger partial charge in [-0.05, 0) is 42.6 Å². The summed E-state index contributed by atoms with van der Waals surface area (Å²) in [6, 6.07) is 21.1. The molecule has 0 bridgehead atoms. The summed E-state index contributed by atoms with van der Waals surface area (Å²) in [6.07, 6.45) is 0.305. The number of likely N-dealkylation sites (tertiary alicyclic amines) is 1. The minimum Gasteiger partial charge on any atom is -0.444 e. The minimum absolute atomic E-state index is 0.0759. The van der Waals surface area contributed by atoms with Crippen LogP contribution >= 0.6 is 0 Å². The third kappa shape index (κ3) is 5.68. The number of hydrogen-bond donors (Lipinski definition) is 0. The first kappa shape index (κ1) is 25.5. The smallest absolute Gasteiger partial charge is 0.410 e. The quantitative estimate of drug-likeness (QED) is 0.581. The Kier molecular flexibility index (Phi) is 7.71. The predicted molar refractivity (Wildman–Crippen MR) is 136 cm³/mol. The van der Waals surface area contributed by atoms with Gasteiger partial charge >= 0.3 is 6.09 Å². The Bertz CT molecular complexity index is 866. The van der Waals surface area contributed by atoms with Crippen molar-refractivity contribution >= 4 is 24.8 Å². The topological polar surface area (TPSA) is 48.0 Å². The maximum atomic E-state index is 13.0. The van der Waals surface area contributed by atoms with Crippen LogP contribution in [0, 0.1) is 0 Å². The average Bonchev–Trinajstić information content (AvgIpc) is 3.14. The first-order valence-electron chi connectivity index (χ1n) is 11.8. The predicted octanol–water partition coefficient (Wildman–Crippen LogP) is 4.59. The molecule has 1 saturated heterocycles. The largest absolute Gasteiger partial charge is 0.444 e. The van der Waals surface area contributed by atoms with Gasteiger partial charge in [-0.1, -0.05) is 81.4 Å². The molecule has 1 fully saturated rings. The van der Waals surface area contributed by atoms with Crippen molar-refractivity contribution in [2.45, 2.75) is 70.7 Å². The lowest BCUT2D eigenvalue weighted by Gasteiger charge is -2.44. The average molecular weight is 470 g/mol. The van der Waals surface area contributed by atoms with E-state index in [4.69, 9.17) is 13.9 Å². The number of carbonyl (C=O) groups excluding carboxylic acids is 1. The van der Waals surface area contributed by atoms with Gasteiger partial charge < -0.3 is 18.8 Å². The van der Waals surface area contributed by atoms with E-state index in [-0.39, 0.29) is 23.3 Å². The normalized spacial score (nSPS) is 19.5. The summed E-state index contributed by atoms with van der Waals surface area (Å²) in [4.78, 5) is 14.8. The molecule has 2 atom stereocenters. The molecule has 3 rings (SSSR count). The van der Waals surface area contributed by atoms with Gasteiger partial charge in [-0.3, -0.25) is 0 Å². The van der Waals surface area contributed by atoms with Crippen molar-refractivity contribution in [2.75, 3.05) is 20.3 Å². The number of rotatable bonds is 6. The van der Waals surface area contributed by atoms with Gasteiger partial charge in [-0.25, -0.2) is 4.79 Å². The molecule has 6 heteroatoms. The lowest BCUT2D eigenvalue weighted by atomic mass is 10.2. The van der Waals surface area contributed by atoms with Crippen LogP contribution in [0.4, 0.5) is 4.79 Å². The molecule has 1 amide bonds. The van der Waals surface area contributed by atoms with Gasteiger partial charge in [0, 0.05) is 13.7 Å². The van der Waals surface area contributed by atoms with Crippen LogP contribution in [-0.2, 0) is 13.9 Å². The number of ether oxygens (including phenoxy) is 2. The van der Waals surface area contributed by atoms with Crippen molar-refractivity contribution in [1.82, 2.24) is 4.90 Å². The van der Waals surface area contributed by atoms with E-state index in [0.717, 1.165) is 6.42 Å². The molecule has 0 spiro atoms. The standard InChI is InChI=1S/C27H39NO4Si/c1-26(2,3)31-25(29)28-19-22(18-21(28)20-30-7)32-33(27(4,5)6,23-14-10-8-11-15-23)24-16-12-9-13-17-24/h8-17,21-22H,18-20H2,1-7H3/t21-,22+/m1/s1. The first-order valence-corrected chi connectivity index (χ1v) is 13.7. The summed E-state index contributed by atoms with van der Waals surface area (Å²) in [5.41, 5.74) is -0.550. The number of carbonyl (C=O) groups is 1. The zero-order valence-electron chi connectivity index (χ0n) is 21.1. The van der Waals surface area contributed by atoms with Crippen LogP contribution in [0.25, 0.3) is 0 Å². The molecule has 33 heavy (non-hydrogen) atoms.